The van der Waals surface area contributed by atoms with Crippen molar-refractivity contribution >= 4 is 39.5 Å². The van der Waals surface area contributed by atoms with E-state index in [0.717, 1.165) is 49.8 Å². The Morgan fingerprint density at radius 3 is 2.68 bits per heavy atom. The number of nitrogens with one attached hydrogen (secondary N) is 1. The van der Waals surface area contributed by atoms with E-state index in [1.807, 2.05) is 72.3 Å². The zero-order valence-electron chi connectivity index (χ0n) is 17.3. The molecule has 5 rings (SSSR count). The van der Waals surface area contributed by atoms with Crippen LogP contribution in [0.3, 0.4) is 0 Å². The number of benzene rings is 2. The molecule has 0 saturated heterocycles. The van der Waals surface area contributed by atoms with E-state index in [9.17, 15) is 4.79 Å². The second kappa shape index (κ2) is 7.92. The van der Waals surface area contributed by atoms with Crippen LogP contribution in [0, 0.1) is 13.8 Å². The van der Waals surface area contributed by atoms with Crippen molar-refractivity contribution in [2.75, 3.05) is 5.32 Å². The van der Waals surface area contributed by atoms with Crippen molar-refractivity contribution in [2.24, 2.45) is 0 Å². The van der Waals surface area contributed by atoms with Gasteiger partial charge < -0.3 is 5.32 Å². The lowest BCUT2D eigenvalue weighted by molar-refractivity contribution is -0.116. The van der Waals surface area contributed by atoms with Gasteiger partial charge in [0.2, 0.25) is 5.91 Å². The summed E-state index contributed by atoms with van der Waals surface area (Å²) < 4.78 is 1.89. The normalized spacial score (nSPS) is 11.3. The summed E-state index contributed by atoms with van der Waals surface area (Å²) in [6.45, 7) is 4.04. The van der Waals surface area contributed by atoms with Crippen molar-refractivity contribution in [3.8, 4) is 10.6 Å². The molecule has 6 nitrogen and oxygen atoms in total. The second-order valence-electron chi connectivity index (χ2n) is 7.48. The van der Waals surface area contributed by atoms with Crippen molar-refractivity contribution in [1.82, 2.24) is 19.6 Å². The molecular formula is C24H21N5OS. The van der Waals surface area contributed by atoms with Gasteiger partial charge in [0.25, 0.3) is 0 Å². The molecule has 0 saturated carbocycles. The number of hydrogen-bond acceptors (Lipinski definition) is 5. The Balaban J connectivity index is 1.31. The Kier molecular flexibility index (Phi) is 4.95. The first-order valence-electron chi connectivity index (χ1n) is 10.1. The molecule has 5 aromatic rings. The number of fused-ring (bicyclic) bond motifs is 3. The topological polar surface area (TPSA) is 72.2 Å². The molecule has 0 fully saturated rings. The van der Waals surface area contributed by atoms with E-state index in [4.69, 9.17) is 10.1 Å². The molecule has 1 amide bonds. The number of hydrogen-bond donors (Lipinski definition) is 1. The molecule has 7 heteroatoms. The Labute approximate surface area is 183 Å². The summed E-state index contributed by atoms with van der Waals surface area (Å²) in [5.74, 6) is -0.0217. The van der Waals surface area contributed by atoms with Gasteiger partial charge in [0, 0.05) is 46.0 Å². The van der Waals surface area contributed by atoms with Crippen molar-refractivity contribution in [1.29, 1.82) is 0 Å². The minimum atomic E-state index is -0.0217. The molecule has 0 aliphatic carbocycles. The molecule has 0 aliphatic rings. The maximum Gasteiger partial charge on any atom is 0.224 e. The van der Waals surface area contributed by atoms with Gasteiger partial charge in [-0.05, 0) is 62.2 Å². The van der Waals surface area contributed by atoms with E-state index in [0.29, 0.717) is 12.8 Å². The lowest BCUT2D eigenvalue weighted by Crippen LogP contribution is -2.14. The van der Waals surface area contributed by atoms with E-state index in [2.05, 4.69) is 10.3 Å². The average Bonchev–Trinajstić information content (AvgIpc) is 3.43. The fraction of sp³-hybridized carbons (Fsp3) is 0.167. The summed E-state index contributed by atoms with van der Waals surface area (Å²) in [7, 11) is 0. The molecule has 3 heterocycles. The SMILES string of the molecule is Cc1nc2c3ccccc3nn2c(C)c1CCC(=O)Nc1ccc(-c2nccs2)cc1. The largest absolute Gasteiger partial charge is 0.326 e. The molecule has 31 heavy (non-hydrogen) atoms. The summed E-state index contributed by atoms with van der Waals surface area (Å²) >= 11 is 1.59. The number of rotatable bonds is 5. The minimum absolute atomic E-state index is 0.0217. The van der Waals surface area contributed by atoms with E-state index >= 15 is 0 Å². The molecule has 154 valence electrons. The third kappa shape index (κ3) is 3.68. The van der Waals surface area contributed by atoms with Crippen molar-refractivity contribution in [2.45, 2.75) is 26.7 Å². The molecule has 0 radical (unpaired) electrons. The predicted octanol–water partition coefficient (Wildman–Crippen LogP) is 5.19. The number of carbonyl (C=O) groups excluding carboxylic acids is 1. The summed E-state index contributed by atoms with van der Waals surface area (Å²) in [6.07, 6.45) is 2.78. The van der Waals surface area contributed by atoms with Crippen LogP contribution in [-0.2, 0) is 11.2 Å². The molecule has 0 bridgehead atoms. The summed E-state index contributed by atoms with van der Waals surface area (Å²) in [5.41, 5.74) is 6.65. The minimum Gasteiger partial charge on any atom is -0.326 e. The molecular weight excluding hydrogens is 406 g/mol. The van der Waals surface area contributed by atoms with Crippen LogP contribution in [0.15, 0.2) is 60.1 Å². The zero-order chi connectivity index (χ0) is 21.4. The number of carbonyl (C=O) groups is 1. The lowest BCUT2D eigenvalue weighted by atomic mass is 10.1. The maximum atomic E-state index is 12.6. The predicted molar refractivity (Wildman–Crippen MR) is 124 cm³/mol. The van der Waals surface area contributed by atoms with E-state index < -0.39 is 0 Å². The summed E-state index contributed by atoms with van der Waals surface area (Å²) in [4.78, 5) is 21.7. The third-order valence-corrected chi connectivity index (χ3v) is 6.29. The number of anilines is 1. The van der Waals surface area contributed by atoms with Crippen molar-refractivity contribution in [3.63, 3.8) is 0 Å². The van der Waals surface area contributed by atoms with E-state index in [1.54, 1.807) is 17.5 Å². The van der Waals surface area contributed by atoms with Gasteiger partial charge in [-0.1, -0.05) is 12.1 Å². The van der Waals surface area contributed by atoms with Gasteiger partial charge in [0.15, 0.2) is 5.65 Å². The standard InChI is InChI=1S/C24H21N5OS/c1-15-19(16(2)29-23(26-15)20-5-3-4-6-21(20)28-29)11-12-22(30)27-18-9-7-17(8-10-18)24-25-13-14-31-24/h3-10,13-14H,11-12H2,1-2H3,(H,27,30). The van der Waals surface area contributed by atoms with Crippen LogP contribution in [0.5, 0.6) is 0 Å². The quantitative estimate of drug-likeness (QED) is 0.419. The smallest absolute Gasteiger partial charge is 0.224 e. The first kappa shape index (κ1) is 19.4. The van der Waals surface area contributed by atoms with Gasteiger partial charge in [-0.2, -0.15) is 5.10 Å². The Bertz CT molecular complexity index is 1390. The van der Waals surface area contributed by atoms with Gasteiger partial charge >= 0.3 is 0 Å². The Hall–Kier alpha value is -3.58. The highest BCUT2D eigenvalue weighted by molar-refractivity contribution is 7.13. The zero-order valence-corrected chi connectivity index (χ0v) is 18.1. The molecule has 2 aromatic carbocycles. The van der Waals surface area contributed by atoms with Crippen molar-refractivity contribution < 1.29 is 4.79 Å². The first-order valence-corrected chi connectivity index (χ1v) is 11.0. The van der Waals surface area contributed by atoms with Crippen LogP contribution < -0.4 is 5.32 Å². The van der Waals surface area contributed by atoms with E-state index in [1.165, 1.54) is 0 Å². The number of amides is 1. The van der Waals surface area contributed by atoms with Gasteiger partial charge in [0.1, 0.15) is 5.01 Å². The van der Waals surface area contributed by atoms with Gasteiger partial charge in [0.05, 0.1) is 5.52 Å². The molecule has 3 aromatic heterocycles. The fourth-order valence-corrected chi connectivity index (χ4v) is 4.51. The fourth-order valence-electron chi connectivity index (χ4n) is 3.86. The maximum absolute atomic E-state index is 12.6. The molecule has 0 atom stereocenters. The molecule has 0 unspecified atom stereocenters. The number of aryl methyl sites for hydroxylation is 2. The monoisotopic (exact) mass is 427 g/mol. The van der Waals surface area contributed by atoms with Crippen LogP contribution in [0.1, 0.15) is 23.4 Å². The van der Waals surface area contributed by atoms with Crippen LogP contribution in [0.2, 0.25) is 0 Å². The average molecular weight is 428 g/mol. The van der Waals surface area contributed by atoms with Crippen molar-refractivity contribution in [3.05, 3.63) is 77.1 Å². The molecule has 1 N–H and O–H groups in total. The summed E-state index contributed by atoms with van der Waals surface area (Å²) in [6, 6.07) is 15.8. The number of aromatic nitrogens is 4. The van der Waals surface area contributed by atoms with Gasteiger partial charge in [-0.15, -0.1) is 11.3 Å². The Morgan fingerprint density at radius 1 is 1.10 bits per heavy atom. The van der Waals surface area contributed by atoms with Crippen LogP contribution >= 0.6 is 11.3 Å². The molecule has 0 aliphatic heterocycles. The Morgan fingerprint density at radius 2 is 1.90 bits per heavy atom. The van der Waals surface area contributed by atoms with Crippen LogP contribution in [-0.4, -0.2) is 25.5 Å². The highest BCUT2D eigenvalue weighted by Crippen LogP contribution is 2.24. The van der Waals surface area contributed by atoms with Gasteiger partial charge in [-0.3, -0.25) is 4.79 Å². The summed E-state index contributed by atoms with van der Waals surface area (Å²) in [5, 5.41) is 11.6. The molecule has 0 spiro atoms. The van der Waals surface area contributed by atoms with Crippen LogP contribution in [0.25, 0.3) is 27.1 Å². The highest BCUT2D eigenvalue weighted by Gasteiger charge is 2.15. The van der Waals surface area contributed by atoms with Crippen LogP contribution in [0.4, 0.5) is 5.69 Å². The van der Waals surface area contributed by atoms with Gasteiger partial charge in [-0.25, -0.2) is 14.5 Å². The second-order valence-corrected chi connectivity index (χ2v) is 8.37. The van der Waals surface area contributed by atoms with E-state index in [-0.39, 0.29) is 5.91 Å². The number of thiazole rings is 1. The first-order chi connectivity index (χ1) is 15.1. The number of nitrogens with zero attached hydrogens (tertiary/aromatic N) is 4. The lowest BCUT2D eigenvalue weighted by Gasteiger charge is -2.11. The third-order valence-electron chi connectivity index (χ3n) is 5.47. The highest BCUT2D eigenvalue weighted by atomic mass is 32.1.